The molecule has 0 saturated carbocycles. The molecule has 21 heavy (non-hydrogen) atoms. The van der Waals surface area contributed by atoms with Crippen LogP contribution in [0.5, 0.6) is 11.6 Å². The van der Waals surface area contributed by atoms with Crippen LogP contribution in [0.4, 0.5) is 0 Å². The number of aromatic nitrogens is 2. The number of benzene rings is 1. The van der Waals surface area contributed by atoms with E-state index in [9.17, 15) is 0 Å². The largest absolute Gasteiger partial charge is 0.436 e. The second kappa shape index (κ2) is 7.40. The van der Waals surface area contributed by atoms with Crippen LogP contribution in [0, 0.1) is 0 Å². The maximum atomic E-state index is 6.12. The second-order valence-corrected chi connectivity index (χ2v) is 6.35. The molecule has 0 aliphatic rings. The van der Waals surface area contributed by atoms with E-state index in [4.69, 9.17) is 27.9 Å². The van der Waals surface area contributed by atoms with Gasteiger partial charge in [0.25, 0.3) is 0 Å². The van der Waals surface area contributed by atoms with E-state index in [1.807, 2.05) is 0 Å². The van der Waals surface area contributed by atoms with Crippen molar-refractivity contribution < 1.29 is 4.74 Å². The summed E-state index contributed by atoms with van der Waals surface area (Å²) >= 11 is 15.5. The first kappa shape index (κ1) is 16.5. The third-order valence-corrected chi connectivity index (χ3v) is 4.04. The van der Waals surface area contributed by atoms with Crippen LogP contribution in [0.15, 0.2) is 29.0 Å². The third-order valence-electron chi connectivity index (χ3n) is 2.54. The fourth-order valence-electron chi connectivity index (χ4n) is 1.52. The summed E-state index contributed by atoms with van der Waals surface area (Å²) in [6.45, 7) is 4.76. The SMILES string of the molecule is CC(C)NCc1cncc(Oc2cc(Cl)c(Br)cc2Cl)n1. The monoisotopic (exact) mass is 389 g/mol. The topological polar surface area (TPSA) is 47.0 Å². The van der Waals surface area contributed by atoms with Crippen molar-refractivity contribution in [3.63, 3.8) is 0 Å². The van der Waals surface area contributed by atoms with Crippen molar-refractivity contribution >= 4 is 39.1 Å². The molecule has 0 atom stereocenters. The third kappa shape index (κ3) is 4.81. The molecule has 1 heterocycles. The van der Waals surface area contributed by atoms with Crippen LogP contribution < -0.4 is 10.1 Å². The molecule has 0 aliphatic carbocycles. The molecule has 2 aromatic rings. The zero-order valence-electron chi connectivity index (χ0n) is 11.5. The Hall–Kier alpha value is -0.880. The average molecular weight is 391 g/mol. The van der Waals surface area contributed by atoms with Crippen LogP contribution in [0.25, 0.3) is 0 Å². The minimum absolute atomic E-state index is 0.371. The lowest BCUT2D eigenvalue weighted by Gasteiger charge is -2.10. The van der Waals surface area contributed by atoms with E-state index >= 15 is 0 Å². The molecule has 0 saturated heterocycles. The fourth-order valence-corrected chi connectivity index (χ4v) is 2.36. The number of nitrogens with one attached hydrogen (secondary N) is 1. The van der Waals surface area contributed by atoms with Crippen LogP contribution in [0.2, 0.25) is 10.0 Å². The molecule has 0 unspecified atom stereocenters. The van der Waals surface area contributed by atoms with Crippen molar-refractivity contribution in [1.29, 1.82) is 0 Å². The van der Waals surface area contributed by atoms with Gasteiger partial charge >= 0.3 is 0 Å². The quantitative estimate of drug-likeness (QED) is 0.742. The fraction of sp³-hybridized carbons (Fsp3) is 0.286. The van der Waals surface area contributed by atoms with Crippen molar-refractivity contribution in [3.05, 3.63) is 44.7 Å². The van der Waals surface area contributed by atoms with Gasteiger partial charge in [-0.05, 0) is 22.0 Å². The average Bonchev–Trinajstić information content (AvgIpc) is 2.43. The summed E-state index contributed by atoms with van der Waals surface area (Å²) in [5.74, 6) is 0.812. The minimum atomic E-state index is 0.371. The van der Waals surface area contributed by atoms with Crippen molar-refractivity contribution in [1.82, 2.24) is 15.3 Å². The zero-order valence-corrected chi connectivity index (χ0v) is 14.6. The zero-order chi connectivity index (χ0) is 15.4. The van der Waals surface area contributed by atoms with E-state index in [0.29, 0.717) is 38.7 Å². The highest BCUT2D eigenvalue weighted by Crippen LogP contribution is 2.35. The molecule has 0 radical (unpaired) electrons. The molecule has 0 fully saturated rings. The summed E-state index contributed by atoms with van der Waals surface area (Å²) in [6.07, 6.45) is 3.23. The van der Waals surface area contributed by atoms with Gasteiger partial charge in [-0.25, -0.2) is 4.98 Å². The van der Waals surface area contributed by atoms with Crippen LogP contribution in [-0.2, 0) is 6.54 Å². The Bertz CT molecular complexity index is 638. The Kier molecular flexibility index (Phi) is 5.81. The van der Waals surface area contributed by atoms with Gasteiger partial charge in [-0.2, -0.15) is 0 Å². The standard InChI is InChI=1S/C14H14BrCl2N3O/c1-8(2)19-6-9-5-18-7-14(20-9)21-13-4-11(16)10(15)3-12(13)17/h3-5,7-8,19H,6H2,1-2H3. The van der Waals surface area contributed by atoms with E-state index in [0.717, 1.165) is 5.69 Å². The van der Waals surface area contributed by atoms with E-state index in [1.54, 1.807) is 18.3 Å². The van der Waals surface area contributed by atoms with E-state index in [-0.39, 0.29) is 0 Å². The lowest BCUT2D eigenvalue weighted by atomic mass is 10.3. The maximum absolute atomic E-state index is 6.12. The molecular formula is C14H14BrCl2N3O. The molecule has 112 valence electrons. The Morgan fingerprint density at radius 2 is 2.00 bits per heavy atom. The molecule has 1 aromatic heterocycles. The second-order valence-electron chi connectivity index (χ2n) is 4.68. The predicted molar refractivity (Wildman–Crippen MR) is 88.2 cm³/mol. The van der Waals surface area contributed by atoms with Crippen molar-refractivity contribution in [3.8, 4) is 11.6 Å². The molecule has 0 spiro atoms. The molecule has 4 nitrogen and oxygen atoms in total. The smallest absolute Gasteiger partial charge is 0.238 e. The molecule has 7 heteroatoms. The van der Waals surface area contributed by atoms with Gasteiger partial charge in [-0.1, -0.05) is 37.0 Å². The summed E-state index contributed by atoms with van der Waals surface area (Å²) in [7, 11) is 0. The van der Waals surface area contributed by atoms with Crippen LogP contribution in [0.3, 0.4) is 0 Å². The molecule has 0 amide bonds. The van der Waals surface area contributed by atoms with Gasteiger partial charge < -0.3 is 10.1 Å². The lowest BCUT2D eigenvalue weighted by molar-refractivity contribution is 0.455. The van der Waals surface area contributed by atoms with Gasteiger partial charge in [-0.15, -0.1) is 0 Å². The van der Waals surface area contributed by atoms with Crippen molar-refractivity contribution in [2.24, 2.45) is 0 Å². The Balaban J connectivity index is 2.16. The minimum Gasteiger partial charge on any atom is -0.436 e. The number of nitrogens with zero attached hydrogens (tertiary/aromatic N) is 2. The Morgan fingerprint density at radius 1 is 1.24 bits per heavy atom. The van der Waals surface area contributed by atoms with Crippen LogP contribution in [0.1, 0.15) is 19.5 Å². The predicted octanol–water partition coefficient (Wildman–Crippen LogP) is 4.84. The Morgan fingerprint density at radius 3 is 2.71 bits per heavy atom. The summed E-state index contributed by atoms with van der Waals surface area (Å²) in [5.41, 5.74) is 0.792. The summed E-state index contributed by atoms with van der Waals surface area (Å²) in [4.78, 5) is 8.49. The highest BCUT2D eigenvalue weighted by Gasteiger charge is 2.09. The number of hydrogen-bond donors (Lipinski definition) is 1. The lowest BCUT2D eigenvalue weighted by Crippen LogP contribution is -2.22. The highest BCUT2D eigenvalue weighted by molar-refractivity contribution is 9.10. The van der Waals surface area contributed by atoms with Gasteiger partial charge in [0.1, 0.15) is 5.75 Å². The van der Waals surface area contributed by atoms with Gasteiger partial charge in [0.15, 0.2) is 0 Å². The maximum Gasteiger partial charge on any atom is 0.238 e. The van der Waals surface area contributed by atoms with Crippen molar-refractivity contribution in [2.75, 3.05) is 0 Å². The molecule has 0 bridgehead atoms. The number of hydrogen-bond acceptors (Lipinski definition) is 4. The van der Waals surface area contributed by atoms with E-state index in [2.05, 4.69) is 45.1 Å². The van der Waals surface area contributed by atoms with Gasteiger partial charge in [-0.3, -0.25) is 4.98 Å². The summed E-state index contributed by atoms with van der Waals surface area (Å²) in [5, 5.41) is 4.23. The van der Waals surface area contributed by atoms with E-state index in [1.165, 1.54) is 6.20 Å². The van der Waals surface area contributed by atoms with Crippen molar-refractivity contribution in [2.45, 2.75) is 26.4 Å². The first-order valence-corrected chi connectivity index (χ1v) is 7.87. The van der Waals surface area contributed by atoms with Gasteiger partial charge in [0.2, 0.25) is 5.88 Å². The normalized spacial score (nSPS) is 11.0. The molecule has 1 aromatic carbocycles. The van der Waals surface area contributed by atoms with Gasteiger partial charge in [0.05, 0.1) is 21.9 Å². The Labute approximate surface area is 142 Å². The highest BCUT2D eigenvalue weighted by atomic mass is 79.9. The first-order valence-electron chi connectivity index (χ1n) is 6.32. The first-order chi connectivity index (χ1) is 9.95. The van der Waals surface area contributed by atoms with Gasteiger partial charge in [0, 0.05) is 29.3 Å². The summed E-state index contributed by atoms with van der Waals surface area (Å²) < 4.78 is 6.36. The number of halogens is 3. The number of ether oxygens (including phenoxy) is 1. The van der Waals surface area contributed by atoms with E-state index < -0.39 is 0 Å². The van der Waals surface area contributed by atoms with Crippen LogP contribution >= 0.6 is 39.1 Å². The summed E-state index contributed by atoms with van der Waals surface area (Å²) in [6, 6.07) is 3.68. The number of rotatable bonds is 5. The van der Waals surface area contributed by atoms with Crippen LogP contribution in [-0.4, -0.2) is 16.0 Å². The molecule has 0 aliphatic heterocycles. The molecular weight excluding hydrogens is 377 g/mol. The molecule has 1 N–H and O–H groups in total. The molecule has 2 rings (SSSR count).